The number of nitrogen functional groups attached to an aromatic ring is 1. The Bertz CT molecular complexity index is 459. The maximum Gasteiger partial charge on any atom is 0.248 e. The summed E-state index contributed by atoms with van der Waals surface area (Å²) in [5.74, 6) is 0.701. The molecule has 0 spiro atoms. The second-order valence-electron chi connectivity index (χ2n) is 5.23. The molecular formula is C15H22N2O2. The number of ether oxygens (including phenoxy) is 1. The van der Waals surface area contributed by atoms with Gasteiger partial charge in [0.25, 0.3) is 0 Å². The summed E-state index contributed by atoms with van der Waals surface area (Å²) < 4.78 is 6.05. The fourth-order valence-corrected chi connectivity index (χ4v) is 2.75. The van der Waals surface area contributed by atoms with Gasteiger partial charge in [-0.1, -0.05) is 13.3 Å². The summed E-state index contributed by atoms with van der Waals surface area (Å²) in [7, 11) is 0. The van der Waals surface area contributed by atoms with Crippen LogP contribution in [-0.4, -0.2) is 12.0 Å². The minimum atomic E-state index is -0.458. The van der Waals surface area contributed by atoms with Crippen molar-refractivity contribution in [2.75, 3.05) is 5.73 Å². The molecule has 2 rings (SSSR count). The van der Waals surface area contributed by atoms with Crippen LogP contribution in [0.3, 0.4) is 0 Å². The summed E-state index contributed by atoms with van der Waals surface area (Å²) in [6, 6.07) is 4.96. The second kappa shape index (κ2) is 5.95. The van der Waals surface area contributed by atoms with E-state index in [2.05, 4.69) is 6.92 Å². The number of rotatable bonds is 4. The Kier molecular flexibility index (Phi) is 4.30. The zero-order valence-electron chi connectivity index (χ0n) is 11.4. The van der Waals surface area contributed by atoms with Crippen molar-refractivity contribution in [1.29, 1.82) is 0 Å². The van der Waals surface area contributed by atoms with Crippen molar-refractivity contribution in [2.45, 2.75) is 45.1 Å². The highest BCUT2D eigenvalue weighted by molar-refractivity contribution is 5.93. The number of primary amides is 1. The number of hydrogen-bond donors (Lipinski definition) is 2. The summed E-state index contributed by atoms with van der Waals surface area (Å²) in [6.07, 6.45) is 6.03. The lowest BCUT2D eigenvalue weighted by molar-refractivity contribution is 0.0905. The molecule has 0 saturated heterocycles. The highest BCUT2D eigenvalue weighted by Crippen LogP contribution is 2.32. The van der Waals surface area contributed by atoms with Gasteiger partial charge in [-0.3, -0.25) is 4.79 Å². The molecule has 2 atom stereocenters. The maximum absolute atomic E-state index is 11.2. The monoisotopic (exact) mass is 262 g/mol. The second-order valence-corrected chi connectivity index (χ2v) is 5.23. The quantitative estimate of drug-likeness (QED) is 0.819. The molecule has 1 aromatic carbocycles. The van der Waals surface area contributed by atoms with E-state index in [0.717, 1.165) is 12.8 Å². The van der Waals surface area contributed by atoms with Crippen LogP contribution in [0.25, 0.3) is 0 Å². The van der Waals surface area contributed by atoms with E-state index in [1.54, 1.807) is 18.2 Å². The average molecular weight is 262 g/mol. The fourth-order valence-electron chi connectivity index (χ4n) is 2.75. The third-order valence-electron chi connectivity index (χ3n) is 3.94. The molecule has 1 aliphatic rings. The van der Waals surface area contributed by atoms with Gasteiger partial charge in [0.2, 0.25) is 5.91 Å². The Labute approximate surface area is 114 Å². The predicted molar refractivity (Wildman–Crippen MR) is 76.0 cm³/mol. The molecule has 0 radical (unpaired) electrons. The lowest BCUT2D eigenvalue weighted by atomic mass is 9.85. The summed E-state index contributed by atoms with van der Waals surface area (Å²) in [4.78, 5) is 11.2. The Morgan fingerprint density at radius 1 is 1.37 bits per heavy atom. The van der Waals surface area contributed by atoms with Crippen LogP contribution in [0.2, 0.25) is 0 Å². The topological polar surface area (TPSA) is 78.3 Å². The number of amides is 1. The minimum Gasteiger partial charge on any atom is -0.488 e. The third-order valence-corrected chi connectivity index (χ3v) is 3.94. The van der Waals surface area contributed by atoms with Crippen molar-refractivity contribution in [1.82, 2.24) is 0 Å². The van der Waals surface area contributed by atoms with Crippen LogP contribution < -0.4 is 16.2 Å². The van der Waals surface area contributed by atoms with Gasteiger partial charge < -0.3 is 16.2 Å². The maximum atomic E-state index is 11.2. The first-order valence-electron chi connectivity index (χ1n) is 6.97. The zero-order valence-corrected chi connectivity index (χ0v) is 11.4. The van der Waals surface area contributed by atoms with E-state index in [-0.39, 0.29) is 6.10 Å². The molecule has 4 heteroatoms. The molecular weight excluding hydrogens is 240 g/mol. The number of nitrogens with two attached hydrogens (primary N) is 2. The molecule has 0 aromatic heterocycles. The van der Waals surface area contributed by atoms with Crippen LogP contribution in [0.4, 0.5) is 5.69 Å². The lowest BCUT2D eigenvalue weighted by Gasteiger charge is -2.31. The van der Waals surface area contributed by atoms with Crippen LogP contribution in [0.5, 0.6) is 5.75 Å². The third kappa shape index (κ3) is 3.19. The van der Waals surface area contributed by atoms with Crippen molar-refractivity contribution in [2.24, 2.45) is 11.7 Å². The van der Waals surface area contributed by atoms with E-state index < -0.39 is 5.91 Å². The normalized spacial score (nSPS) is 23.0. The number of anilines is 1. The minimum absolute atomic E-state index is 0.198. The molecule has 4 nitrogen and oxygen atoms in total. The van der Waals surface area contributed by atoms with Gasteiger partial charge in [-0.2, -0.15) is 0 Å². The zero-order chi connectivity index (χ0) is 13.8. The van der Waals surface area contributed by atoms with Gasteiger partial charge in [0.15, 0.2) is 0 Å². The predicted octanol–water partition coefficient (Wildman–Crippen LogP) is 2.72. The first kappa shape index (κ1) is 13.7. The molecule has 19 heavy (non-hydrogen) atoms. The Hall–Kier alpha value is -1.71. The van der Waals surface area contributed by atoms with Gasteiger partial charge in [-0.05, 0) is 49.8 Å². The van der Waals surface area contributed by atoms with Crippen molar-refractivity contribution >= 4 is 11.6 Å². The van der Waals surface area contributed by atoms with E-state index in [0.29, 0.717) is 22.9 Å². The summed E-state index contributed by atoms with van der Waals surface area (Å²) in [5.41, 5.74) is 12.2. The number of hydrogen-bond acceptors (Lipinski definition) is 3. The standard InChI is InChI=1S/C15H22N2O2/c1-2-10-5-3-4-6-13(10)19-14-9-11(15(17)18)7-8-12(14)16/h7-10,13H,2-6,16H2,1H3,(H2,17,18). The average Bonchev–Trinajstić information content (AvgIpc) is 2.41. The van der Waals surface area contributed by atoms with Gasteiger partial charge in [0.05, 0.1) is 5.69 Å². The van der Waals surface area contributed by atoms with E-state index >= 15 is 0 Å². The highest BCUT2D eigenvalue weighted by Gasteiger charge is 2.25. The number of carbonyl (C=O) groups is 1. The summed E-state index contributed by atoms with van der Waals surface area (Å²) in [5, 5.41) is 0. The van der Waals surface area contributed by atoms with Gasteiger partial charge in [0.1, 0.15) is 11.9 Å². The molecule has 1 aromatic rings. The van der Waals surface area contributed by atoms with Gasteiger partial charge in [-0.15, -0.1) is 0 Å². The van der Waals surface area contributed by atoms with Gasteiger partial charge >= 0.3 is 0 Å². The molecule has 1 aliphatic carbocycles. The van der Waals surface area contributed by atoms with Crippen LogP contribution >= 0.6 is 0 Å². The van der Waals surface area contributed by atoms with Crippen molar-refractivity contribution in [3.63, 3.8) is 0 Å². The van der Waals surface area contributed by atoms with E-state index in [1.807, 2.05) is 0 Å². The molecule has 4 N–H and O–H groups in total. The molecule has 104 valence electrons. The van der Waals surface area contributed by atoms with Crippen LogP contribution in [0.15, 0.2) is 18.2 Å². The Morgan fingerprint density at radius 2 is 2.11 bits per heavy atom. The highest BCUT2D eigenvalue weighted by atomic mass is 16.5. The van der Waals surface area contributed by atoms with E-state index in [9.17, 15) is 4.79 Å². The van der Waals surface area contributed by atoms with Gasteiger partial charge in [-0.25, -0.2) is 0 Å². The summed E-state index contributed by atoms with van der Waals surface area (Å²) in [6.45, 7) is 2.19. The Balaban J connectivity index is 2.17. The van der Waals surface area contributed by atoms with Crippen molar-refractivity contribution in [3.05, 3.63) is 23.8 Å². The summed E-state index contributed by atoms with van der Waals surface area (Å²) >= 11 is 0. The van der Waals surface area contributed by atoms with E-state index in [4.69, 9.17) is 16.2 Å². The largest absolute Gasteiger partial charge is 0.488 e. The molecule has 1 saturated carbocycles. The molecule has 0 aliphatic heterocycles. The number of carbonyl (C=O) groups excluding carboxylic acids is 1. The smallest absolute Gasteiger partial charge is 0.248 e. The van der Waals surface area contributed by atoms with Crippen molar-refractivity contribution in [3.8, 4) is 5.75 Å². The number of benzene rings is 1. The van der Waals surface area contributed by atoms with Gasteiger partial charge in [0, 0.05) is 5.56 Å². The first-order chi connectivity index (χ1) is 9.11. The first-order valence-corrected chi connectivity index (χ1v) is 6.97. The lowest BCUT2D eigenvalue weighted by Crippen LogP contribution is -2.30. The van der Waals surface area contributed by atoms with Crippen LogP contribution in [0, 0.1) is 5.92 Å². The van der Waals surface area contributed by atoms with Crippen molar-refractivity contribution < 1.29 is 9.53 Å². The molecule has 0 heterocycles. The SMILES string of the molecule is CCC1CCCCC1Oc1cc(C(N)=O)ccc1N. The Morgan fingerprint density at radius 3 is 2.79 bits per heavy atom. The van der Waals surface area contributed by atoms with E-state index in [1.165, 1.54) is 19.3 Å². The molecule has 0 bridgehead atoms. The molecule has 2 unspecified atom stereocenters. The van der Waals surface area contributed by atoms with Crippen LogP contribution in [0.1, 0.15) is 49.4 Å². The van der Waals surface area contributed by atoms with Crippen LogP contribution in [-0.2, 0) is 0 Å². The fraction of sp³-hybridized carbons (Fsp3) is 0.533. The molecule has 1 fully saturated rings. The molecule has 1 amide bonds.